The van der Waals surface area contributed by atoms with Gasteiger partial charge in [0.05, 0.1) is 0 Å². The SMILES string of the molecule is O=C1C(C(Cl)(Cl)Cl)(C(Cl)(Cl)Cl)C(Cl)(Cl)C(Cl)(Cl)C1(C(Cl)(Cl)Cl)C(Cl)(Cl)Cl. The second kappa shape index (κ2) is 7.68. The molecule has 0 saturated heterocycles. The van der Waals surface area contributed by atoms with Crippen molar-refractivity contribution in [3.05, 3.63) is 0 Å². The lowest BCUT2D eigenvalue weighted by Crippen LogP contribution is -2.62. The van der Waals surface area contributed by atoms with Crippen LogP contribution in [0.25, 0.3) is 0 Å². The number of carbonyl (C=O) groups is 1. The molecule has 1 saturated carbocycles. The van der Waals surface area contributed by atoms with Crippen LogP contribution in [0.3, 0.4) is 0 Å². The van der Waals surface area contributed by atoms with Gasteiger partial charge in [0.25, 0.3) is 0 Å². The molecular weight excluding hydrogens is 691 g/mol. The maximum absolute atomic E-state index is 13.6. The van der Waals surface area contributed by atoms with Gasteiger partial charge in [0.15, 0.2) is 25.3 Å². The van der Waals surface area contributed by atoms with Crippen molar-refractivity contribution in [1.29, 1.82) is 0 Å². The average molecular weight is 691 g/mol. The molecule has 1 fully saturated rings. The predicted molar refractivity (Wildman–Crippen MR) is 120 cm³/mol. The van der Waals surface area contributed by atoms with Crippen molar-refractivity contribution in [2.45, 2.75) is 23.8 Å². The van der Waals surface area contributed by atoms with Gasteiger partial charge in [-0.3, -0.25) is 4.79 Å². The molecule has 0 aromatic rings. The molecule has 1 aliphatic carbocycles. The van der Waals surface area contributed by atoms with E-state index in [1.54, 1.807) is 0 Å². The quantitative estimate of drug-likeness (QED) is 0.232. The fourth-order valence-electron chi connectivity index (χ4n) is 2.59. The summed E-state index contributed by atoms with van der Waals surface area (Å²) in [7, 11) is 0. The largest absolute Gasteiger partial charge is 0.298 e. The molecule has 1 aliphatic rings. The molecule has 1 rings (SSSR count). The zero-order valence-electron chi connectivity index (χ0n) is 11.0. The van der Waals surface area contributed by atoms with Gasteiger partial charge in [-0.15, -0.1) is 0 Å². The second-order valence-corrected chi connectivity index (χ2v) is 16.7. The molecule has 0 bridgehead atoms. The molecule has 0 N–H and O–H groups in total. The van der Waals surface area contributed by atoms with Gasteiger partial charge in [-0.05, 0) is 0 Å². The number of carbonyl (C=O) groups excluding carboxylic acids is 1. The van der Waals surface area contributed by atoms with Crippen LogP contribution in [0, 0.1) is 10.8 Å². The van der Waals surface area contributed by atoms with Crippen LogP contribution in [-0.4, -0.2) is 29.6 Å². The number of hydrogen-bond donors (Lipinski definition) is 0. The lowest BCUT2D eigenvalue weighted by atomic mass is 9.80. The summed E-state index contributed by atoms with van der Waals surface area (Å²) in [6, 6.07) is 0. The fraction of sp³-hybridized carbons (Fsp3) is 0.889. The zero-order chi connectivity index (χ0) is 21.6. The van der Waals surface area contributed by atoms with E-state index in [4.69, 9.17) is 186 Å². The zero-order valence-corrected chi connectivity index (χ0v) is 23.1. The number of Topliss-reactive ketones (excluding diaryl/α,β-unsaturated/α-hetero) is 1. The molecule has 0 aromatic heterocycles. The Balaban J connectivity index is 4.35. The summed E-state index contributed by atoms with van der Waals surface area (Å²) in [4.78, 5) is 13.6. The van der Waals surface area contributed by atoms with Crippen LogP contribution in [-0.2, 0) is 4.79 Å². The smallest absolute Gasteiger partial charge is 0.210 e. The van der Waals surface area contributed by atoms with Crippen molar-refractivity contribution >= 4 is 191 Å². The first-order valence-electron chi connectivity index (χ1n) is 5.48. The summed E-state index contributed by atoms with van der Waals surface area (Å²) >= 11 is 96.2. The highest BCUT2D eigenvalue weighted by Gasteiger charge is 2.97. The van der Waals surface area contributed by atoms with E-state index < -0.39 is 40.5 Å². The monoisotopic (exact) mass is 683 g/mol. The Bertz CT molecular complexity index is 517. The minimum absolute atomic E-state index is 1.62. The summed E-state index contributed by atoms with van der Waals surface area (Å²) in [6.07, 6.45) is 0. The maximum Gasteiger partial charge on any atom is 0.210 e. The Labute approximate surface area is 228 Å². The summed E-state index contributed by atoms with van der Waals surface area (Å²) in [5, 5.41) is 0. The van der Waals surface area contributed by atoms with Gasteiger partial charge in [-0.1, -0.05) is 186 Å². The third kappa shape index (κ3) is 3.36. The molecule has 0 aliphatic heterocycles. The molecule has 0 amide bonds. The number of halogens is 16. The molecule has 0 heterocycles. The van der Waals surface area contributed by atoms with E-state index in [0.29, 0.717) is 0 Å². The molecule has 154 valence electrons. The van der Waals surface area contributed by atoms with Gasteiger partial charge >= 0.3 is 0 Å². The van der Waals surface area contributed by atoms with Crippen molar-refractivity contribution in [2.24, 2.45) is 10.8 Å². The fourth-order valence-corrected chi connectivity index (χ4v) is 11.1. The Kier molecular flexibility index (Phi) is 8.37. The number of ketones is 1. The Hall–Kier alpha value is 4.31. The Morgan fingerprint density at radius 3 is 0.692 bits per heavy atom. The lowest BCUT2D eigenvalue weighted by molar-refractivity contribution is -0.133. The minimum Gasteiger partial charge on any atom is -0.298 e. The highest BCUT2D eigenvalue weighted by atomic mass is 35.6. The van der Waals surface area contributed by atoms with Crippen LogP contribution in [0.4, 0.5) is 0 Å². The first-order valence-corrected chi connectivity index (χ1v) is 11.5. The van der Waals surface area contributed by atoms with Crippen molar-refractivity contribution in [3.8, 4) is 0 Å². The van der Waals surface area contributed by atoms with Gasteiger partial charge in [0.1, 0.15) is 0 Å². The molecule has 0 radical (unpaired) electrons. The van der Waals surface area contributed by atoms with Crippen molar-refractivity contribution in [3.63, 3.8) is 0 Å². The van der Waals surface area contributed by atoms with E-state index in [0.717, 1.165) is 0 Å². The van der Waals surface area contributed by atoms with Gasteiger partial charge < -0.3 is 0 Å². The first-order chi connectivity index (χ1) is 10.9. The molecule has 1 nitrogen and oxygen atoms in total. The van der Waals surface area contributed by atoms with Crippen LogP contribution in [0.2, 0.25) is 0 Å². The third-order valence-corrected chi connectivity index (χ3v) is 9.77. The van der Waals surface area contributed by atoms with Gasteiger partial charge in [-0.2, -0.15) is 0 Å². The standard InChI is InChI=1S/C9Cl16O/c10-4(11)2(6(14,15)16,7(17,18)19)1(26)3(5(4,12)13,8(20,21)22)9(23,24)25. The summed E-state index contributed by atoms with van der Waals surface area (Å²) < 4.78 is -17.6. The maximum atomic E-state index is 13.6. The van der Waals surface area contributed by atoms with Crippen LogP contribution in [0.5, 0.6) is 0 Å². The topological polar surface area (TPSA) is 17.1 Å². The molecular formula is C9Cl16O. The molecule has 0 spiro atoms. The van der Waals surface area contributed by atoms with Crippen molar-refractivity contribution < 1.29 is 4.79 Å². The first kappa shape index (κ1) is 28.3. The van der Waals surface area contributed by atoms with Gasteiger partial charge in [0, 0.05) is 0 Å². The van der Waals surface area contributed by atoms with Crippen LogP contribution in [0.1, 0.15) is 0 Å². The van der Waals surface area contributed by atoms with E-state index in [1.807, 2.05) is 0 Å². The van der Waals surface area contributed by atoms with E-state index in [9.17, 15) is 4.79 Å². The highest BCUT2D eigenvalue weighted by molar-refractivity contribution is 6.83. The van der Waals surface area contributed by atoms with Crippen molar-refractivity contribution in [2.75, 3.05) is 0 Å². The highest BCUT2D eigenvalue weighted by Crippen LogP contribution is 2.84. The van der Waals surface area contributed by atoms with Crippen LogP contribution in [0.15, 0.2) is 0 Å². The summed E-state index contributed by atoms with van der Waals surface area (Å²) in [6.45, 7) is 0. The van der Waals surface area contributed by atoms with Crippen molar-refractivity contribution in [1.82, 2.24) is 0 Å². The lowest BCUT2D eigenvalue weighted by Gasteiger charge is -2.47. The molecule has 0 aromatic carbocycles. The molecule has 0 unspecified atom stereocenters. The third-order valence-electron chi connectivity index (χ3n) is 3.72. The predicted octanol–water partition coefficient (Wildman–Crippen LogP) is 9.37. The van der Waals surface area contributed by atoms with E-state index >= 15 is 0 Å². The average Bonchev–Trinajstić information content (AvgIpc) is 2.31. The summed E-state index contributed by atoms with van der Waals surface area (Å²) in [5.74, 6) is -1.62. The number of hydrogen-bond acceptors (Lipinski definition) is 1. The van der Waals surface area contributed by atoms with E-state index in [1.165, 1.54) is 0 Å². The van der Waals surface area contributed by atoms with Gasteiger partial charge in [-0.25, -0.2) is 0 Å². The van der Waals surface area contributed by atoms with Crippen LogP contribution < -0.4 is 0 Å². The second-order valence-electron chi connectivity index (χ2n) is 4.97. The normalized spacial score (nSPS) is 25.5. The summed E-state index contributed by atoms with van der Waals surface area (Å²) in [5.41, 5.74) is -6.16. The number of alkyl halides is 16. The molecule has 0 atom stereocenters. The van der Waals surface area contributed by atoms with E-state index in [2.05, 4.69) is 0 Å². The Morgan fingerprint density at radius 1 is 0.462 bits per heavy atom. The molecule has 26 heavy (non-hydrogen) atoms. The van der Waals surface area contributed by atoms with Gasteiger partial charge in [0.2, 0.25) is 15.2 Å². The Morgan fingerprint density at radius 2 is 0.615 bits per heavy atom. The molecule has 17 heteroatoms. The van der Waals surface area contributed by atoms with E-state index in [-0.39, 0.29) is 0 Å². The minimum atomic E-state index is -3.08. The number of rotatable bonds is 0. The van der Waals surface area contributed by atoms with Crippen LogP contribution >= 0.6 is 186 Å².